The van der Waals surface area contributed by atoms with Gasteiger partial charge in [-0.1, -0.05) is 109 Å². The molecule has 0 unspecified atom stereocenters. The molecule has 14 rings (SSSR count). The number of aromatic nitrogens is 4. The predicted octanol–water partition coefficient (Wildman–Crippen LogP) is 14.1. The molecular weight excluding hydrogens is 769 g/mol. The quantitative estimate of drug-likeness (QED) is 0.163. The van der Waals surface area contributed by atoms with Gasteiger partial charge in [0.1, 0.15) is 0 Å². The van der Waals surface area contributed by atoms with Gasteiger partial charge >= 0.3 is 0 Å². The average molecular weight is 808 g/mol. The monoisotopic (exact) mass is 807 g/mol. The van der Waals surface area contributed by atoms with Crippen LogP contribution in [0, 0.1) is 0 Å². The molecule has 0 fully saturated rings. The highest BCUT2D eigenvalue weighted by atomic mass is 16.5. The second-order valence-electron chi connectivity index (χ2n) is 16.3. The molecule has 0 atom stereocenters. The number of benzene rings is 9. The molecule has 5 nitrogen and oxygen atoms in total. The molecule has 0 amide bonds. The second-order valence-corrected chi connectivity index (χ2v) is 16.3. The van der Waals surface area contributed by atoms with Gasteiger partial charge in [-0.3, -0.25) is 0 Å². The van der Waals surface area contributed by atoms with Crippen LogP contribution < -0.4 is 9.30 Å². The minimum Gasteiger partial charge on any atom is -0.429 e. The Morgan fingerprint density at radius 2 is 0.778 bits per heavy atom. The minimum atomic E-state index is 0.649. The number of pyridine rings is 1. The third-order valence-electron chi connectivity index (χ3n) is 12.8. The van der Waals surface area contributed by atoms with Gasteiger partial charge in [-0.05, 0) is 114 Å². The van der Waals surface area contributed by atoms with Gasteiger partial charge in [-0.25, -0.2) is 0 Å². The van der Waals surface area contributed by atoms with Crippen molar-refractivity contribution in [1.82, 2.24) is 13.7 Å². The maximum absolute atomic E-state index is 5.48. The van der Waals surface area contributed by atoms with E-state index in [9.17, 15) is 0 Å². The number of hydrogen-bond donors (Lipinski definition) is 0. The Balaban J connectivity index is 0.000000287. The maximum Gasteiger partial charge on any atom is 0.293 e. The van der Waals surface area contributed by atoms with Crippen LogP contribution in [0.15, 0.2) is 225 Å². The fourth-order valence-corrected chi connectivity index (χ4v) is 10.1. The van der Waals surface area contributed by atoms with Crippen molar-refractivity contribution in [3.63, 3.8) is 0 Å². The summed E-state index contributed by atoms with van der Waals surface area (Å²) in [6, 6.07) is 78.7. The zero-order valence-corrected chi connectivity index (χ0v) is 34.3. The average Bonchev–Trinajstić information content (AvgIpc) is 4.11. The molecule has 5 heterocycles. The van der Waals surface area contributed by atoms with E-state index in [1.165, 1.54) is 98.8 Å². The fourth-order valence-electron chi connectivity index (χ4n) is 10.1. The van der Waals surface area contributed by atoms with E-state index in [0.29, 0.717) is 6.73 Å². The van der Waals surface area contributed by atoms with Crippen molar-refractivity contribution in [2.24, 2.45) is 0 Å². The number of fused-ring (bicyclic) bond motifs is 9. The van der Waals surface area contributed by atoms with Crippen LogP contribution >= 0.6 is 0 Å². The third-order valence-corrected chi connectivity index (χ3v) is 12.8. The minimum absolute atomic E-state index is 0.649. The zero-order chi connectivity index (χ0) is 41.4. The Labute approximate surface area is 363 Å². The lowest BCUT2D eigenvalue weighted by Gasteiger charge is -2.11. The van der Waals surface area contributed by atoms with Gasteiger partial charge in [0.2, 0.25) is 0 Å². The molecule has 0 saturated heterocycles. The van der Waals surface area contributed by atoms with Crippen LogP contribution in [0.3, 0.4) is 0 Å². The Bertz CT molecular complexity index is 3870. The van der Waals surface area contributed by atoms with Crippen molar-refractivity contribution in [2.45, 2.75) is 6.73 Å². The first-order valence-corrected chi connectivity index (χ1v) is 21.5. The van der Waals surface area contributed by atoms with E-state index in [2.05, 4.69) is 218 Å². The van der Waals surface area contributed by atoms with Gasteiger partial charge in [0, 0.05) is 55.4 Å². The van der Waals surface area contributed by atoms with Crippen molar-refractivity contribution in [3.05, 3.63) is 225 Å². The Morgan fingerprint density at radius 1 is 0.333 bits per heavy atom. The van der Waals surface area contributed by atoms with Crippen molar-refractivity contribution < 1.29 is 9.30 Å². The third kappa shape index (κ3) is 5.53. The smallest absolute Gasteiger partial charge is 0.293 e. The van der Waals surface area contributed by atoms with E-state index in [1.54, 1.807) is 0 Å². The van der Waals surface area contributed by atoms with E-state index in [0.717, 1.165) is 11.4 Å². The number of ether oxygens (including phenoxy) is 1. The molecule has 5 heteroatoms. The summed E-state index contributed by atoms with van der Waals surface area (Å²) in [6.07, 6.45) is 2.04. The summed E-state index contributed by atoms with van der Waals surface area (Å²) >= 11 is 0. The highest BCUT2D eigenvalue weighted by Gasteiger charge is 2.22. The zero-order valence-electron chi connectivity index (χ0n) is 34.3. The summed E-state index contributed by atoms with van der Waals surface area (Å²) in [5.74, 6) is 0.994. The lowest BCUT2D eigenvalue weighted by Crippen LogP contribution is -2.31. The normalized spacial score (nSPS) is 12.2. The maximum atomic E-state index is 5.48. The van der Waals surface area contributed by atoms with Crippen molar-refractivity contribution in [2.75, 3.05) is 0 Å². The van der Waals surface area contributed by atoms with E-state index >= 15 is 0 Å². The van der Waals surface area contributed by atoms with Gasteiger partial charge in [-0.2, -0.15) is 4.57 Å². The molecule has 0 saturated carbocycles. The molecule has 0 radical (unpaired) electrons. The molecule has 0 spiro atoms. The molecule has 9 aromatic carbocycles. The van der Waals surface area contributed by atoms with E-state index in [1.807, 2.05) is 24.4 Å². The SMILES string of the molecule is c1cc2c3c(c1)ccc[n+]3CO2.c1ccc(-n2c3ccccc3c3cc(-c4ccc5c(c4)c4ccccc4n5-c4ccc5c(c4)c4ccccc4n5-c4ccccc4)ccc32)cc1. The summed E-state index contributed by atoms with van der Waals surface area (Å²) in [5, 5.41) is 8.78. The lowest BCUT2D eigenvalue weighted by atomic mass is 10.0. The number of rotatable bonds is 4. The molecule has 296 valence electrons. The number of nitrogens with zero attached hydrogens (tertiary/aromatic N) is 4. The first kappa shape index (κ1) is 35.4. The summed E-state index contributed by atoms with van der Waals surface area (Å²) < 4.78 is 14.8. The Kier molecular flexibility index (Phi) is 7.90. The molecule has 13 aromatic rings. The molecular formula is C58H39N4O+. The molecule has 4 aromatic heterocycles. The Morgan fingerprint density at radius 3 is 1.33 bits per heavy atom. The summed E-state index contributed by atoms with van der Waals surface area (Å²) in [6.45, 7) is 0.649. The van der Waals surface area contributed by atoms with Crippen molar-refractivity contribution in [3.8, 4) is 33.9 Å². The van der Waals surface area contributed by atoms with Crippen molar-refractivity contribution in [1.29, 1.82) is 0 Å². The van der Waals surface area contributed by atoms with Crippen LogP contribution in [0.1, 0.15) is 0 Å². The first-order valence-electron chi connectivity index (χ1n) is 21.5. The van der Waals surface area contributed by atoms with Crippen LogP contribution in [0.5, 0.6) is 5.75 Å². The van der Waals surface area contributed by atoms with Crippen LogP contribution in [0.25, 0.3) is 105 Å². The van der Waals surface area contributed by atoms with Crippen LogP contribution in [-0.2, 0) is 6.73 Å². The fraction of sp³-hybridized carbons (Fsp3) is 0.0172. The largest absolute Gasteiger partial charge is 0.429 e. The number of para-hydroxylation sites is 6. The summed E-state index contributed by atoms with van der Waals surface area (Å²) in [4.78, 5) is 0. The van der Waals surface area contributed by atoms with Crippen LogP contribution in [0.2, 0.25) is 0 Å². The first-order chi connectivity index (χ1) is 31.3. The van der Waals surface area contributed by atoms with Crippen LogP contribution in [-0.4, -0.2) is 13.7 Å². The van der Waals surface area contributed by atoms with Crippen molar-refractivity contribution >= 4 is 76.3 Å². The van der Waals surface area contributed by atoms with Gasteiger partial charge in [-0.15, -0.1) is 0 Å². The topological polar surface area (TPSA) is 27.9 Å². The molecule has 1 aliphatic rings. The van der Waals surface area contributed by atoms with E-state index in [-0.39, 0.29) is 0 Å². The second kappa shape index (κ2) is 14.1. The van der Waals surface area contributed by atoms with E-state index in [4.69, 9.17) is 4.74 Å². The summed E-state index contributed by atoms with van der Waals surface area (Å²) in [7, 11) is 0. The molecule has 0 bridgehead atoms. The van der Waals surface area contributed by atoms with Crippen LogP contribution in [0.4, 0.5) is 0 Å². The Hall–Kier alpha value is -8.41. The number of hydrogen-bond acceptors (Lipinski definition) is 1. The molecule has 1 aliphatic heterocycles. The highest BCUT2D eigenvalue weighted by molar-refractivity contribution is 6.14. The van der Waals surface area contributed by atoms with Gasteiger partial charge in [0.25, 0.3) is 12.2 Å². The standard InChI is InChI=1S/C48H31N3.C10H8NO/c1-3-13-34(14-4-1)49-43-20-10-7-17-37(43)40-29-32(23-26-46(40)49)33-24-27-47-41(30-33)38-18-8-12-22-45(38)51(47)36-25-28-48-42(31-36)39-19-9-11-21-44(39)50(48)35-15-5-2-6-16-35;1-3-8-4-2-6-11-7-12-9(5-1)10(8)11/h1-31H;1-6H,7H2/q;+1. The van der Waals surface area contributed by atoms with Gasteiger partial charge < -0.3 is 18.4 Å². The van der Waals surface area contributed by atoms with Gasteiger partial charge in [0.05, 0.1) is 38.5 Å². The van der Waals surface area contributed by atoms with Gasteiger partial charge in [0.15, 0.2) is 11.9 Å². The highest BCUT2D eigenvalue weighted by Crippen LogP contribution is 2.40. The molecule has 63 heavy (non-hydrogen) atoms. The predicted molar refractivity (Wildman–Crippen MR) is 260 cm³/mol. The lowest BCUT2D eigenvalue weighted by molar-refractivity contribution is -0.688. The molecule has 0 aliphatic carbocycles. The molecule has 0 N–H and O–H groups in total. The van der Waals surface area contributed by atoms with E-state index < -0.39 is 0 Å². The summed E-state index contributed by atoms with van der Waals surface area (Å²) in [5.41, 5.74) is 14.4.